The molecule has 0 aromatic heterocycles. The first-order valence-electron chi connectivity index (χ1n) is 6.35. The van der Waals surface area contributed by atoms with Crippen LogP contribution in [0.4, 0.5) is 0 Å². The van der Waals surface area contributed by atoms with Crippen LogP contribution < -0.4 is 5.32 Å². The average molecular weight is 262 g/mol. The van der Waals surface area contributed by atoms with Crippen LogP contribution in [0.25, 0.3) is 0 Å². The summed E-state index contributed by atoms with van der Waals surface area (Å²) in [6.45, 7) is 2.79. The Bertz CT molecular complexity index is 456. The largest absolute Gasteiger partial charge is 0.465 e. The summed E-state index contributed by atoms with van der Waals surface area (Å²) in [5.41, 5.74) is 1.63. The fourth-order valence-corrected chi connectivity index (χ4v) is 2.13. The highest BCUT2D eigenvalue weighted by atomic mass is 16.5. The van der Waals surface area contributed by atoms with E-state index in [-0.39, 0.29) is 11.9 Å². The number of esters is 1. The van der Waals surface area contributed by atoms with E-state index < -0.39 is 0 Å². The molecule has 0 aliphatic carbocycles. The zero-order chi connectivity index (χ0) is 13.7. The van der Waals surface area contributed by atoms with Crippen LogP contribution in [0.2, 0.25) is 0 Å². The van der Waals surface area contributed by atoms with Gasteiger partial charge >= 0.3 is 5.97 Å². The van der Waals surface area contributed by atoms with Crippen molar-refractivity contribution in [2.24, 2.45) is 0 Å². The fourth-order valence-electron chi connectivity index (χ4n) is 2.13. The molecule has 0 saturated carbocycles. The standard InChI is InChI=1S/C14H18N2O3/c1-19-14(18)12-5-3-11(4-6-12)9-16-8-2-7-15-13(17)10-16/h3-6H,2,7-10H2,1H3,(H,15,17). The van der Waals surface area contributed by atoms with E-state index in [1.165, 1.54) is 7.11 Å². The van der Waals surface area contributed by atoms with Gasteiger partial charge < -0.3 is 10.1 Å². The number of amides is 1. The number of hydrogen-bond acceptors (Lipinski definition) is 4. The molecule has 5 nitrogen and oxygen atoms in total. The Labute approximate surface area is 112 Å². The van der Waals surface area contributed by atoms with Gasteiger partial charge in [0.15, 0.2) is 0 Å². The van der Waals surface area contributed by atoms with Gasteiger partial charge in [-0.05, 0) is 24.1 Å². The maximum atomic E-state index is 11.5. The van der Waals surface area contributed by atoms with Crippen LogP contribution in [0.5, 0.6) is 0 Å². The quantitative estimate of drug-likeness (QED) is 0.818. The molecule has 5 heteroatoms. The molecule has 1 aromatic rings. The van der Waals surface area contributed by atoms with Crippen molar-refractivity contribution in [2.75, 3.05) is 26.7 Å². The molecule has 1 N–H and O–H groups in total. The summed E-state index contributed by atoms with van der Waals surface area (Å²) in [7, 11) is 1.37. The molecule has 0 spiro atoms. The number of carbonyl (C=O) groups is 2. The van der Waals surface area contributed by atoms with E-state index in [4.69, 9.17) is 0 Å². The first-order valence-corrected chi connectivity index (χ1v) is 6.35. The summed E-state index contributed by atoms with van der Waals surface area (Å²) in [5.74, 6) is -0.260. The summed E-state index contributed by atoms with van der Waals surface area (Å²) in [6.07, 6.45) is 0.964. The van der Waals surface area contributed by atoms with Gasteiger partial charge in [0.2, 0.25) is 5.91 Å². The van der Waals surface area contributed by atoms with Crippen molar-refractivity contribution >= 4 is 11.9 Å². The van der Waals surface area contributed by atoms with E-state index in [0.717, 1.165) is 31.6 Å². The molecule has 0 bridgehead atoms. The minimum atomic E-state index is -0.333. The van der Waals surface area contributed by atoms with Crippen molar-refractivity contribution in [2.45, 2.75) is 13.0 Å². The van der Waals surface area contributed by atoms with Crippen LogP contribution in [0, 0.1) is 0 Å². The summed E-state index contributed by atoms with van der Waals surface area (Å²) >= 11 is 0. The van der Waals surface area contributed by atoms with E-state index in [1.54, 1.807) is 12.1 Å². The molecule has 1 aliphatic heterocycles. The van der Waals surface area contributed by atoms with E-state index >= 15 is 0 Å². The minimum Gasteiger partial charge on any atom is -0.465 e. The van der Waals surface area contributed by atoms with Crippen molar-refractivity contribution in [3.63, 3.8) is 0 Å². The van der Waals surface area contributed by atoms with E-state index in [2.05, 4.69) is 15.0 Å². The van der Waals surface area contributed by atoms with E-state index in [9.17, 15) is 9.59 Å². The second-order valence-electron chi connectivity index (χ2n) is 4.60. The lowest BCUT2D eigenvalue weighted by Crippen LogP contribution is -2.32. The molecule has 0 unspecified atom stereocenters. The van der Waals surface area contributed by atoms with Gasteiger partial charge in [0, 0.05) is 19.6 Å². The molecule has 1 fully saturated rings. The lowest BCUT2D eigenvalue weighted by Gasteiger charge is -2.18. The van der Waals surface area contributed by atoms with Crippen LogP contribution in [-0.2, 0) is 16.1 Å². The predicted molar refractivity (Wildman–Crippen MR) is 70.7 cm³/mol. The molecule has 0 radical (unpaired) electrons. The zero-order valence-electron chi connectivity index (χ0n) is 11.0. The summed E-state index contributed by atoms with van der Waals surface area (Å²) in [5, 5.41) is 2.85. The first-order chi connectivity index (χ1) is 9.19. The van der Waals surface area contributed by atoms with Crippen LogP contribution in [0.15, 0.2) is 24.3 Å². The summed E-state index contributed by atoms with van der Waals surface area (Å²) in [6, 6.07) is 7.29. The SMILES string of the molecule is COC(=O)c1ccc(CN2CCCNC(=O)C2)cc1. The Morgan fingerprint density at radius 2 is 2.11 bits per heavy atom. The highest BCUT2D eigenvalue weighted by molar-refractivity contribution is 5.89. The molecule has 1 saturated heterocycles. The van der Waals surface area contributed by atoms with Gasteiger partial charge in [-0.25, -0.2) is 4.79 Å². The molecule has 1 amide bonds. The number of ether oxygens (including phenoxy) is 1. The highest BCUT2D eigenvalue weighted by Gasteiger charge is 2.14. The maximum absolute atomic E-state index is 11.5. The van der Waals surface area contributed by atoms with Gasteiger partial charge in [-0.15, -0.1) is 0 Å². The van der Waals surface area contributed by atoms with Crippen molar-refractivity contribution < 1.29 is 14.3 Å². The number of rotatable bonds is 3. The fraction of sp³-hybridized carbons (Fsp3) is 0.429. The smallest absolute Gasteiger partial charge is 0.337 e. The van der Waals surface area contributed by atoms with Crippen LogP contribution in [0.3, 0.4) is 0 Å². The maximum Gasteiger partial charge on any atom is 0.337 e. The second kappa shape index (κ2) is 6.33. The molecule has 1 aliphatic rings. The number of benzene rings is 1. The van der Waals surface area contributed by atoms with Gasteiger partial charge in [-0.3, -0.25) is 9.69 Å². The number of hydrogen-bond donors (Lipinski definition) is 1. The number of nitrogens with one attached hydrogen (secondary N) is 1. The third-order valence-electron chi connectivity index (χ3n) is 3.12. The topological polar surface area (TPSA) is 58.6 Å². The Morgan fingerprint density at radius 3 is 2.79 bits per heavy atom. The third-order valence-corrected chi connectivity index (χ3v) is 3.12. The number of nitrogens with zero attached hydrogens (tertiary/aromatic N) is 1. The Balaban J connectivity index is 1.98. The van der Waals surface area contributed by atoms with E-state index in [1.807, 2.05) is 12.1 Å². The van der Waals surface area contributed by atoms with Crippen molar-refractivity contribution in [3.8, 4) is 0 Å². The lowest BCUT2D eigenvalue weighted by molar-refractivity contribution is -0.121. The highest BCUT2D eigenvalue weighted by Crippen LogP contribution is 2.09. The molecule has 2 rings (SSSR count). The van der Waals surface area contributed by atoms with Gasteiger partial charge in [0.1, 0.15) is 0 Å². The average Bonchev–Trinajstić information content (AvgIpc) is 2.63. The summed E-state index contributed by atoms with van der Waals surface area (Å²) < 4.78 is 4.65. The molecule has 1 aromatic carbocycles. The number of methoxy groups -OCH3 is 1. The van der Waals surface area contributed by atoms with E-state index in [0.29, 0.717) is 12.1 Å². The molecular formula is C14H18N2O3. The van der Waals surface area contributed by atoms with Crippen molar-refractivity contribution in [1.82, 2.24) is 10.2 Å². The van der Waals surface area contributed by atoms with Crippen LogP contribution in [0.1, 0.15) is 22.3 Å². The molecule has 0 atom stereocenters. The van der Waals surface area contributed by atoms with Crippen molar-refractivity contribution in [1.29, 1.82) is 0 Å². The first kappa shape index (κ1) is 13.5. The Kier molecular flexibility index (Phi) is 4.52. The van der Waals surface area contributed by atoms with Gasteiger partial charge in [-0.1, -0.05) is 12.1 Å². The molecular weight excluding hydrogens is 244 g/mol. The van der Waals surface area contributed by atoms with Gasteiger partial charge in [0.05, 0.1) is 19.2 Å². The van der Waals surface area contributed by atoms with Gasteiger partial charge in [0.25, 0.3) is 0 Å². The van der Waals surface area contributed by atoms with Gasteiger partial charge in [-0.2, -0.15) is 0 Å². The zero-order valence-corrected chi connectivity index (χ0v) is 11.0. The summed E-state index contributed by atoms with van der Waals surface area (Å²) in [4.78, 5) is 24.9. The Morgan fingerprint density at radius 1 is 1.37 bits per heavy atom. The van der Waals surface area contributed by atoms with Crippen molar-refractivity contribution in [3.05, 3.63) is 35.4 Å². The minimum absolute atomic E-state index is 0.0729. The lowest BCUT2D eigenvalue weighted by atomic mass is 10.1. The molecule has 102 valence electrons. The normalized spacial score (nSPS) is 16.6. The monoisotopic (exact) mass is 262 g/mol. The second-order valence-corrected chi connectivity index (χ2v) is 4.60. The number of carbonyl (C=O) groups excluding carboxylic acids is 2. The Hall–Kier alpha value is -1.88. The van der Waals surface area contributed by atoms with Crippen LogP contribution in [-0.4, -0.2) is 43.5 Å². The molecule has 19 heavy (non-hydrogen) atoms. The molecule has 1 heterocycles. The van der Waals surface area contributed by atoms with Crippen LogP contribution >= 0.6 is 0 Å². The predicted octanol–water partition coefficient (Wildman–Crippen LogP) is 0.795. The third kappa shape index (κ3) is 3.79.